The zero-order chi connectivity index (χ0) is 23.1. The van der Waals surface area contributed by atoms with Crippen molar-refractivity contribution in [2.45, 2.75) is 13.5 Å². The lowest BCUT2D eigenvalue weighted by molar-refractivity contribution is -0.385. The van der Waals surface area contributed by atoms with Crippen molar-refractivity contribution in [2.24, 2.45) is 0 Å². The number of amides is 1. The average Bonchev–Trinajstić information content (AvgIpc) is 3.25. The van der Waals surface area contributed by atoms with E-state index in [1.54, 1.807) is 35.7 Å². The van der Waals surface area contributed by atoms with Crippen LogP contribution in [0, 0.1) is 10.1 Å². The third kappa shape index (κ3) is 5.38. The number of nitro benzene ring substituents is 1. The van der Waals surface area contributed by atoms with Gasteiger partial charge in [0.05, 0.1) is 23.4 Å². The summed E-state index contributed by atoms with van der Waals surface area (Å²) in [6.07, 6.45) is 0. The van der Waals surface area contributed by atoms with Crippen molar-refractivity contribution in [1.82, 2.24) is 4.98 Å². The SMILES string of the molecule is COc1ccccc1N(C(C)=O)c1nc(COC(=O)COc2ccccc2[N+](=O)[O-])cs1. The number of nitrogens with zero attached hydrogens (tertiary/aromatic N) is 3. The van der Waals surface area contributed by atoms with Gasteiger partial charge in [0, 0.05) is 18.4 Å². The second kappa shape index (κ2) is 10.4. The van der Waals surface area contributed by atoms with Gasteiger partial charge in [-0.1, -0.05) is 24.3 Å². The smallest absolute Gasteiger partial charge is 0.344 e. The first kappa shape index (κ1) is 22.7. The lowest BCUT2D eigenvalue weighted by atomic mass is 10.2. The molecule has 0 aliphatic carbocycles. The zero-order valence-electron chi connectivity index (χ0n) is 17.2. The van der Waals surface area contributed by atoms with Gasteiger partial charge in [-0.3, -0.25) is 19.8 Å². The summed E-state index contributed by atoms with van der Waals surface area (Å²) in [5.41, 5.74) is 0.730. The van der Waals surface area contributed by atoms with Crippen molar-refractivity contribution in [3.05, 3.63) is 69.7 Å². The summed E-state index contributed by atoms with van der Waals surface area (Å²) in [5.74, 6) is -0.492. The summed E-state index contributed by atoms with van der Waals surface area (Å²) >= 11 is 1.21. The van der Waals surface area contributed by atoms with Gasteiger partial charge in [-0.05, 0) is 18.2 Å². The molecular weight excluding hydrogens is 438 g/mol. The van der Waals surface area contributed by atoms with Crippen LogP contribution in [0.4, 0.5) is 16.5 Å². The van der Waals surface area contributed by atoms with E-state index in [2.05, 4.69) is 4.98 Å². The number of thiazole rings is 1. The highest BCUT2D eigenvalue weighted by atomic mass is 32.1. The number of benzene rings is 2. The van der Waals surface area contributed by atoms with Crippen LogP contribution >= 0.6 is 11.3 Å². The van der Waals surface area contributed by atoms with Crippen molar-refractivity contribution in [2.75, 3.05) is 18.6 Å². The predicted octanol–water partition coefficient (Wildman–Crippen LogP) is 3.87. The molecule has 0 bridgehead atoms. The van der Waals surface area contributed by atoms with Crippen molar-refractivity contribution in [3.8, 4) is 11.5 Å². The maximum absolute atomic E-state index is 12.3. The Morgan fingerprint density at radius 3 is 2.50 bits per heavy atom. The number of carbonyl (C=O) groups excluding carboxylic acids is 2. The van der Waals surface area contributed by atoms with Gasteiger partial charge in [0.15, 0.2) is 17.5 Å². The van der Waals surface area contributed by atoms with Crippen molar-refractivity contribution < 1.29 is 28.7 Å². The number of methoxy groups -OCH3 is 1. The summed E-state index contributed by atoms with van der Waals surface area (Å²) in [6.45, 7) is 0.767. The van der Waals surface area contributed by atoms with Gasteiger partial charge in [-0.2, -0.15) is 0 Å². The summed E-state index contributed by atoms with van der Waals surface area (Å²) in [5, 5.41) is 13.0. The van der Waals surface area contributed by atoms with Crippen LogP contribution in [0.25, 0.3) is 0 Å². The average molecular weight is 457 g/mol. The van der Waals surface area contributed by atoms with Crippen molar-refractivity contribution in [3.63, 3.8) is 0 Å². The molecule has 0 saturated carbocycles. The fourth-order valence-electron chi connectivity index (χ4n) is 2.75. The molecular formula is C21H19N3O7S. The maximum Gasteiger partial charge on any atom is 0.344 e. The monoisotopic (exact) mass is 457 g/mol. The summed E-state index contributed by atoms with van der Waals surface area (Å²) < 4.78 is 15.7. The predicted molar refractivity (Wildman–Crippen MR) is 116 cm³/mol. The van der Waals surface area contributed by atoms with Gasteiger partial charge >= 0.3 is 11.7 Å². The lowest BCUT2D eigenvalue weighted by Crippen LogP contribution is -2.23. The molecule has 11 heteroatoms. The van der Waals surface area contributed by atoms with Crippen LogP contribution in [0.1, 0.15) is 12.6 Å². The van der Waals surface area contributed by atoms with E-state index < -0.39 is 17.5 Å². The van der Waals surface area contributed by atoms with Crippen LogP contribution in [0.2, 0.25) is 0 Å². The number of hydrogen-bond donors (Lipinski definition) is 0. The van der Waals surface area contributed by atoms with E-state index in [4.69, 9.17) is 14.2 Å². The number of aromatic nitrogens is 1. The number of esters is 1. The Morgan fingerprint density at radius 2 is 1.81 bits per heavy atom. The standard InChI is InChI=1S/C21H19N3O7S/c1-14(25)23(16-7-3-5-9-18(16)29-2)21-22-15(13-32-21)11-31-20(26)12-30-19-10-6-4-8-17(19)24(27)28/h3-10,13H,11-12H2,1-2H3. The molecule has 0 aliphatic heterocycles. The number of rotatable bonds is 9. The van der Waals surface area contributed by atoms with E-state index in [-0.39, 0.29) is 24.0 Å². The number of hydrogen-bond acceptors (Lipinski definition) is 9. The fourth-order valence-corrected chi connectivity index (χ4v) is 3.61. The molecule has 0 unspecified atom stereocenters. The molecule has 0 saturated heterocycles. The molecule has 166 valence electrons. The molecule has 0 spiro atoms. The highest BCUT2D eigenvalue weighted by molar-refractivity contribution is 7.14. The van der Waals surface area contributed by atoms with E-state index in [9.17, 15) is 19.7 Å². The van der Waals surface area contributed by atoms with Crippen LogP contribution in [0.3, 0.4) is 0 Å². The molecule has 2 aromatic carbocycles. The quantitative estimate of drug-likeness (QED) is 0.270. The van der Waals surface area contributed by atoms with Crippen molar-refractivity contribution in [1.29, 1.82) is 0 Å². The van der Waals surface area contributed by atoms with Crippen LogP contribution in [0.15, 0.2) is 53.9 Å². The van der Waals surface area contributed by atoms with E-state index in [1.807, 2.05) is 0 Å². The summed E-state index contributed by atoms with van der Waals surface area (Å²) in [4.78, 5) is 40.4. The number of anilines is 2. The molecule has 1 amide bonds. The molecule has 32 heavy (non-hydrogen) atoms. The van der Waals surface area contributed by atoms with Crippen LogP contribution in [-0.2, 0) is 20.9 Å². The van der Waals surface area contributed by atoms with E-state index in [0.717, 1.165) is 0 Å². The Balaban J connectivity index is 1.63. The molecule has 0 radical (unpaired) electrons. The Kier molecular flexibility index (Phi) is 7.34. The first-order valence-electron chi connectivity index (χ1n) is 9.30. The molecule has 3 rings (SSSR count). The molecule has 0 fully saturated rings. The van der Waals surface area contributed by atoms with Gasteiger partial charge in [0.2, 0.25) is 5.91 Å². The first-order valence-corrected chi connectivity index (χ1v) is 10.2. The van der Waals surface area contributed by atoms with E-state index in [0.29, 0.717) is 22.3 Å². The van der Waals surface area contributed by atoms with Crippen LogP contribution < -0.4 is 14.4 Å². The van der Waals surface area contributed by atoms with Crippen LogP contribution in [-0.4, -0.2) is 35.5 Å². The van der Waals surface area contributed by atoms with Gasteiger partial charge < -0.3 is 14.2 Å². The Bertz CT molecular complexity index is 1130. The number of carbonyl (C=O) groups is 2. The van der Waals surface area contributed by atoms with Gasteiger partial charge in [-0.15, -0.1) is 11.3 Å². The third-order valence-corrected chi connectivity index (χ3v) is 5.03. The Hall–Kier alpha value is -3.99. The zero-order valence-corrected chi connectivity index (χ0v) is 18.0. The van der Waals surface area contributed by atoms with Gasteiger partial charge in [-0.25, -0.2) is 9.78 Å². The second-order valence-corrected chi connectivity index (χ2v) is 7.16. The highest BCUT2D eigenvalue weighted by Gasteiger charge is 2.21. The van der Waals surface area contributed by atoms with Crippen molar-refractivity contribution >= 4 is 39.7 Å². The number of para-hydroxylation sites is 4. The maximum atomic E-state index is 12.3. The summed E-state index contributed by atoms with van der Waals surface area (Å²) in [7, 11) is 1.51. The molecule has 10 nitrogen and oxygen atoms in total. The third-order valence-electron chi connectivity index (χ3n) is 4.16. The normalized spacial score (nSPS) is 10.3. The van der Waals surface area contributed by atoms with E-state index in [1.165, 1.54) is 48.5 Å². The lowest BCUT2D eigenvalue weighted by Gasteiger charge is -2.20. The second-order valence-electron chi connectivity index (χ2n) is 6.32. The highest BCUT2D eigenvalue weighted by Crippen LogP contribution is 2.35. The molecule has 0 aliphatic rings. The van der Waals surface area contributed by atoms with Gasteiger partial charge in [0.25, 0.3) is 0 Å². The number of nitro groups is 1. The van der Waals surface area contributed by atoms with E-state index >= 15 is 0 Å². The Morgan fingerprint density at radius 1 is 1.12 bits per heavy atom. The molecule has 1 heterocycles. The first-order chi connectivity index (χ1) is 15.4. The number of ether oxygens (including phenoxy) is 3. The Labute approximate surface area is 187 Å². The topological polar surface area (TPSA) is 121 Å². The molecule has 1 aromatic heterocycles. The fraction of sp³-hybridized carbons (Fsp3) is 0.190. The largest absolute Gasteiger partial charge is 0.495 e. The minimum atomic E-state index is -0.717. The minimum Gasteiger partial charge on any atom is -0.495 e. The molecule has 3 aromatic rings. The summed E-state index contributed by atoms with van der Waals surface area (Å²) in [6, 6.07) is 12.8. The van der Waals surface area contributed by atoms with Gasteiger partial charge in [0.1, 0.15) is 12.4 Å². The molecule has 0 atom stereocenters. The molecule has 0 N–H and O–H groups in total. The van der Waals surface area contributed by atoms with Crippen LogP contribution in [0.5, 0.6) is 11.5 Å². The minimum absolute atomic E-state index is 0.0284.